The first-order valence-corrected chi connectivity index (χ1v) is 5.21. The topological polar surface area (TPSA) is 50.9 Å². The molecule has 0 aliphatic rings. The van der Waals surface area contributed by atoms with Crippen molar-refractivity contribution in [3.8, 4) is 5.82 Å². The molecule has 0 bridgehead atoms. The summed E-state index contributed by atoms with van der Waals surface area (Å²) in [7, 11) is 0. The third-order valence-corrected chi connectivity index (χ3v) is 2.54. The standard InChI is InChI=1S/C12H15N3O/c1-8-5-13-15(6-8)12-11(7-16)9(2)4-10(3)14-12/h4-6,16H,7H2,1-3H3. The molecule has 0 atom stereocenters. The molecular weight excluding hydrogens is 202 g/mol. The molecule has 2 aromatic heterocycles. The zero-order valence-corrected chi connectivity index (χ0v) is 9.73. The first-order chi connectivity index (χ1) is 7.61. The Hall–Kier alpha value is -1.68. The van der Waals surface area contributed by atoms with Crippen LogP contribution in [0, 0.1) is 20.8 Å². The van der Waals surface area contributed by atoms with Crippen LogP contribution in [0.1, 0.15) is 22.4 Å². The zero-order valence-electron chi connectivity index (χ0n) is 9.73. The number of aryl methyl sites for hydroxylation is 3. The van der Waals surface area contributed by atoms with Gasteiger partial charge in [-0.05, 0) is 38.0 Å². The van der Waals surface area contributed by atoms with Crippen molar-refractivity contribution in [1.29, 1.82) is 0 Å². The van der Waals surface area contributed by atoms with Crippen molar-refractivity contribution in [2.24, 2.45) is 0 Å². The van der Waals surface area contributed by atoms with E-state index in [9.17, 15) is 5.11 Å². The molecule has 0 saturated heterocycles. The summed E-state index contributed by atoms with van der Waals surface area (Å²) in [5.74, 6) is 0.716. The Labute approximate surface area is 94.6 Å². The molecule has 0 aromatic carbocycles. The fourth-order valence-electron chi connectivity index (χ4n) is 1.76. The van der Waals surface area contributed by atoms with E-state index in [0.29, 0.717) is 5.82 Å². The van der Waals surface area contributed by atoms with Gasteiger partial charge in [-0.25, -0.2) is 9.67 Å². The Morgan fingerprint density at radius 2 is 2.06 bits per heavy atom. The normalized spacial score (nSPS) is 10.8. The minimum Gasteiger partial charge on any atom is -0.392 e. The lowest BCUT2D eigenvalue weighted by Gasteiger charge is -2.10. The van der Waals surface area contributed by atoms with Crippen molar-refractivity contribution in [2.75, 3.05) is 0 Å². The van der Waals surface area contributed by atoms with Gasteiger partial charge in [0, 0.05) is 17.5 Å². The molecule has 2 aromatic rings. The SMILES string of the molecule is Cc1cnn(-c2nc(C)cc(C)c2CO)c1. The van der Waals surface area contributed by atoms with E-state index in [1.807, 2.05) is 33.0 Å². The number of hydrogen-bond donors (Lipinski definition) is 1. The molecule has 0 radical (unpaired) electrons. The largest absolute Gasteiger partial charge is 0.392 e. The van der Waals surface area contributed by atoms with Gasteiger partial charge in [0.05, 0.1) is 12.8 Å². The molecular formula is C12H15N3O. The number of aromatic nitrogens is 3. The highest BCUT2D eigenvalue weighted by Gasteiger charge is 2.10. The average molecular weight is 217 g/mol. The highest BCUT2D eigenvalue weighted by atomic mass is 16.3. The van der Waals surface area contributed by atoms with Gasteiger partial charge >= 0.3 is 0 Å². The quantitative estimate of drug-likeness (QED) is 0.832. The Morgan fingerprint density at radius 3 is 2.62 bits per heavy atom. The van der Waals surface area contributed by atoms with E-state index in [-0.39, 0.29) is 6.61 Å². The van der Waals surface area contributed by atoms with Gasteiger partial charge in [0.2, 0.25) is 0 Å². The molecule has 0 fully saturated rings. The van der Waals surface area contributed by atoms with Crippen molar-refractivity contribution in [1.82, 2.24) is 14.8 Å². The molecule has 4 heteroatoms. The number of aliphatic hydroxyl groups excluding tert-OH is 1. The van der Waals surface area contributed by atoms with Gasteiger partial charge in [-0.2, -0.15) is 5.10 Å². The van der Waals surface area contributed by atoms with E-state index in [1.54, 1.807) is 10.9 Å². The molecule has 0 amide bonds. The monoisotopic (exact) mass is 217 g/mol. The van der Waals surface area contributed by atoms with Crippen LogP contribution in [-0.4, -0.2) is 19.9 Å². The maximum absolute atomic E-state index is 9.38. The minimum atomic E-state index is -0.0205. The second kappa shape index (κ2) is 4.06. The van der Waals surface area contributed by atoms with Crippen LogP contribution in [0.5, 0.6) is 0 Å². The maximum Gasteiger partial charge on any atom is 0.159 e. The molecule has 16 heavy (non-hydrogen) atoms. The third-order valence-electron chi connectivity index (χ3n) is 2.54. The number of pyridine rings is 1. The lowest BCUT2D eigenvalue weighted by molar-refractivity contribution is 0.280. The van der Waals surface area contributed by atoms with E-state index in [2.05, 4.69) is 10.1 Å². The third kappa shape index (κ3) is 1.84. The fraction of sp³-hybridized carbons (Fsp3) is 0.333. The summed E-state index contributed by atoms with van der Waals surface area (Å²) in [6.45, 7) is 5.87. The van der Waals surface area contributed by atoms with E-state index in [4.69, 9.17) is 0 Å². The van der Waals surface area contributed by atoms with Crippen molar-refractivity contribution >= 4 is 0 Å². The molecule has 0 spiro atoms. The predicted molar refractivity (Wildman–Crippen MR) is 61.5 cm³/mol. The van der Waals surface area contributed by atoms with E-state index in [1.165, 1.54) is 0 Å². The summed E-state index contributed by atoms with van der Waals surface area (Å²) < 4.78 is 1.71. The molecule has 2 rings (SSSR count). The Morgan fingerprint density at radius 1 is 1.31 bits per heavy atom. The van der Waals surface area contributed by atoms with Crippen LogP contribution in [0.25, 0.3) is 5.82 Å². The molecule has 0 aliphatic heterocycles. The Kier molecular flexibility index (Phi) is 2.75. The van der Waals surface area contributed by atoms with Gasteiger partial charge in [-0.15, -0.1) is 0 Å². The summed E-state index contributed by atoms with van der Waals surface area (Å²) >= 11 is 0. The van der Waals surface area contributed by atoms with Crippen LogP contribution in [-0.2, 0) is 6.61 Å². The summed E-state index contributed by atoms with van der Waals surface area (Å²) in [5.41, 5.74) is 3.87. The molecule has 0 saturated carbocycles. The molecule has 0 unspecified atom stereocenters. The minimum absolute atomic E-state index is 0.0205. The lowest BCUT2D eigenvalue weighted by Crippen LogP contribution is -2.06. The van der Waals surface area contributed by atoms with Crippen molar-refractivity contribution in [2.45, 2.75) is 27.4 Å². The first-order valence-electron chi connectivity index (χ1n) is 5.21. The van der Waals surface area contributed by atoms with Gasteiger partial charge in [0.1, 0.15) is 0 Å². The molecule has 84 valence electrons. The molecule has 4 nitrogen and oxygen atoms in total. The van der Waals surface area contributed by atoms with Crippen molar-refractivity contribution in [3.05, 3.63) is 40.8 Å². The van der Waals surface area contributed by atoms with Gasteiger partial charge in [-0.1, -0.05) is 0 Å². The Bertz CT molecular complexity index is 517. The number of aliphatic hydroxyl groups is 1. The van der Waals surface area contributed by atoms with Crippen molar-refractivity contribution in [3.63, 3.8) is 0 Å². The lowest BCUT2D eigenvalue weighted by atomic mass is 10.1. The maximum atomic E-state index is 9.38. The van der Waals surface area contributed by atoms with Crippen LogP contribution in [0.3, 0.4) is 0 Å². The summed E-state index contributed by atoms with van der Waals surface area (Å²) in [4.78, 5) is 4.43. The summed E-state index contributed by atoms with van der Waals surface area (Å²) in [5, 5.41) is 13.6. The number of rotatable bonds is 2. The number of hydrogen-bond acceptors (Lipinski definition) is 3. The summed E-state index contributed by atoms with van der Waals surface area (Å²) in [6.07, 6.45) is 3.68. The van der Waals surface area contributed by atoms with Crippen molar-refractivity contribution < 1.29 is 5.11 Å². The molecule has 0 aliphatic carbocycles. The highest BCUT2D eigenvalue weighted by Crippen LogP contribution is 2.17. The second-order valence-electron chi connectivity index (χ2n) is 4.00. The second-order valence-corrected chi connectivity index (χ2v) is 4.00. The number of nitrogens with zero attached hydrogens (tertiary/aromatic N) is 3. The van der Waals surface area contributed by atoms with Gasteiger partial charge in [0.15, 0.2) is 5.82 Å². The summed E-state index contributed by atoms with van der Waals surface area (Å²) in [6, 6.07) is 1.96. The molecule has 2 heterocycles. The van der Waals surface area contributed by atoms with Gasteiger partial charge < -0.3 is 5.11 Å². The van der Waals surface area contributed by atoms with E-state index < -0.39 is 0 Å². The molecule has 1 N–H and O–H groups in total. The van der Waals surface area contributed by atoms with Gasteiger partial charge in [0.25, 0.3) is 0 Å². The average Bonchev–Trinajstić information content (AvgIpc) is 2.63. The predicted octanol–water partition coefficient (Wildman–Crippen LogP) is 1.68. The van der Waals surface area contributed by atoms with Crippen LogP contribution >= 0.6 is 0 Å². The van der Waals surface area contributed by atoms with Gasteiger partial charge in [-0.3, -0.25) is 0 Å². The Balaban J connectivity index is 2.63. The van der Waals surface area contributed by atoms with Crippen LogP contribution in [0.2, 0.25) is 0 Å². The van der Waals surface area contributed by atoms with Crippen LogP contribution < -0.4 is 0 Å². The van der Waals surface area contributed by atoms with Crippen LogP contribution in [0.4, 0.5) is 0 Å². The van der Waals surface area contributed by atoms with Crippen LogP contribution in [0.15, 0.2) is 18.5 Å². The highest BCUT2D eigenvalue weighted by molar-refractivity contribution is 5.40. The first kappa shape index (κ1) is 10.8. The fourth-order valence-corrected chi connectivity index (χ4v) is 1.76. The smallest absolute Gasteiger partial charge is 0.159 e. The zero-order chi connectivity index (χ0) is 11.7. The van der Waals surface area contributed by atoms with E-state index in [0.717, 1.165) is 22.4 Å². The van der Waals surface area contributed by atoms with E-state index >= 15 is 0 Å².